The van der Waals surface area contributed by atoms with Gasteiger partial charge in [-0.1, -0.05) is 19.9 Å². The Hall–Kier alpha value is -2.97. The Morgan fingerprint density at radius 2 is 1.90 bits per heavy atom. The molecule has 0 unspecified atom stereocenters. The van der Waals surface area contributed by atoms with E-state index in [1.54, 1.807) is 18.2 Å². The van der Waals surface area contributed by atoms with Gasteiger partial charge in [0.1, 0.15) is 17.3 Å². The summed E-state index contributed by atoms with van der Waals surface area (Å²) in [5, 5.41) is 0. The molecule has 0 radical (unpaired) electrons. The lowest BCUT2D eigenvalue weighted by Gasteiger charge is -2.28. The number of halogens is 3. The maximum absolute atomic E-state index is 13.5. The van der Waals surface area contributed by atoms with Crippen LogP contribution >= 0.6 is 0 Å². The first-order valence-electron chi connectivity index (χ1n) is 9.41. The second-order valence-electron chi connectivity index (χ2n) is 7.40. The topological polar surface area (TPSA) is 59.7 Å². The van der Waals surface area contributed by atoms with Gasteiger partial charge >= 0.3 is 6.18 Å². The van der Waals surface area contributed by atoms with Crippen molar-refractivity contribution in [1.29, 1.82) is 0 Å². The highest BCUT2D eigenvalue weighted by Gasteiger charge is 2.35. The van der Waals surface area contributed by atoms with Crippen LogP contribution in [0.3, 0.4) is 0 Å². The highest BCUT2D eigenvalue weighted by atomic mass is 19.4. The lowest BCUT2D eigenvalue weighted by atomic mass is 10.1. The van der Waals surface area contributed by atoms with Crippen LogP contribution in [0.4, 0.5) is 19.0 Å². The summed E-state index contributed by atoms with van der Waals surface area (Å²) < 4.78 is 42.5. The Morgan fingerprint density at radius 1 is 1.10 bits per heavy atom. The van der Waals surface area contributed by atoms with E-state index in [1.165, 1.54) is 6.20 Å². The Morgan fingerprint density at radius 3 is 2.55 bits per heavy atom. The van der Waals surface area contributed by atoms with Gasteiger partial charge in [0.2, 0.25) is 0 Å². The minimum absolute atomic E-state index is 0.0369. The normalized spacial score (nSPS) is 14.4. The van der Waals surface area contributed by atoms with E-state index in [4.69, 9.17) is 4.98 Å². The highest BCUT2D eigenvalue weighted by Crippen LogP contribution is 2.33. The third-order valence-electron chi connectivity index (χ3n) is 5.03. The fourth-order valence-corrected chi connectivity index (χ4v) is 3.61. The fraction of sp³-hybridized carbons (Fsp3) is 0.400. The Balaban J connectivity index is 1.74. The molecule has 0 N–H and O–H groups in total. The Kier molecular flexibility index (Phi) is 4.76. The third kappa shape index (κ3) is 3.68. The van der Waals surface area contributed by atoms with Crippen LogP contribution in [0, 0.1) is 0 Å². The summed E-state index contributed by atoms with van der Waals surface area (Å²) in [6.45, 7) is 5.11. The van der Waals surface area contributed by atoms with E-state index in [9.17, 15) is 13.2 Å². The number of rotatable bonds is 3. The van der Waals surface area contributed by atoms with Crippen LogP contribution in [-0.2, 0) is 26.2 Å². The lowest BCUT2D eigenvalue weighted by molar-refractivity contribution is -0.141. The van der Waals surface area contributed by atoms with Crippen LogP contribution in [0.5, 0.6) is 0 Å². The molecule has 0 amide bonds. The smallest absolute Gasteiger partial charge is 0.350 e. The van der Waals surface area contributed by atoms with Gasteiger partial charge in [0.25, 0.3) is 0 Å². The van der Waals surface area contributed by atoms with Gasteiger partial charge in [-0.2, -0.15) is 13.2 Å². The van der Waals surface area contributed by atoms with Crippen LogP contribution < -0.4 is 4.90 Å². The molecule has 9 heteroatoms. The molecule has 152 valence electrons. The van der Waals surface area contributed by atoms with E-state index < -0.39 is 11.9 Å². The van der Waals surface area contributed by atoms with Gasteiger partial charge in [0.05, 0.1) is 12.2 Å². The largest absolute Gasteiger partial charge is 0.433 e. The number of alkyl halides is 3. The number of hydrogen-bond donors (Lipinski definition) is 0. The molecule has 0 saturated heterocycles. The van der Waals surface area contributed by atoms with Crippen LogP contribution in [0.15, 0.2) is 30.5 Å². The zero-order valence-corrected chi connectivity index (χ0v) is 16.4. The van der Waals surface area contributed by atoms with Gasteiger partial charge in [0, 0.05) is 43.9 Å². The number of anilines is 1. The Bertz CT molecular complexity index is 1030. The van der Waals surface area contributed by atoms with Gasteiger partial charge in [-0.3, -0.25) is 4.98 Å². The second-order valence-corrected chi connectivity index (χ2v) is 7.40. The van der Waals surface area contributed by atoms with Crippen molar-refractivity contribution in [3.63, 3.8) is 0 Å². The molecule has 1 aliphatic heterocycles. The third-order valence-corrected chi connectivity index (χ3v) is 5.03. The number of hydrogen-bond acceptors (Lipinski definition) is 5. The summed E-state index contributed by atoms with van der Waals surface area (Å²) in [5.41, 5.74) is 1.34. The lowest BCUT2D eigenvalue weighted by Crippen LogP contribution is -2.32. The molecular formula is C20H21F3N6. The fourth-order valence-electron chi connectivity index (χ4n) is 3.61. The predicted molar refractivity (Wildman–Crippen MR) is 102 cm³/mol. The summed E-state index contributed by atoms with van der Waals surface area (Å²) in [4.78, 5) is 18.8. The molecule has 4 heterocycles. The van der Waals surface area contributed by atoms with E-state index in [-0.39, 0.29) is 17.6 Å². The molecule has 29 heavy (non-hydrogen) atoms. The van der Waals surface area contributed by atoms with Crippen molar-refractivity contribution in [3.05, 3.63) is 53.4 Å². The van der Waals surface area contributed by atoms with E-state index in [0.29, 0.717) is 25.2 Å². The van der Waals surface area contributed by atoms with Crippen LogP contribution in [0.25, 0.3) is 11.5 Å². The zero-order valence-electron chi connectivity index (χ0n) is 16.4. The van der Waals surface area contributed by atoms with Gasteiger partial charge in [0.15, 0.2) is 11.5 Å². The van der Waals surface area contributed by atoms with Crippen molar-refractivity contribution < 1.29 is 13.2 Å². The van der Waals surface area contributed by atoms with E-state index in [2.05, 4.69) is 33.4 Å². The quantitative estimate of drug-likeness (QED) is 0.663. The van der Waals surface area contributed by atoms with Gasteiger partial charge in [-0.15, -0.1) is 0 Å². The maximum atomic E-state index is 13.5. The average Bonchev–Trinajstić information content (AvgIpc) is 3.04. The monoisotopic (exact) mass is 402 g/mol. The molecule has 4 rings (SSSR count). The second kappa shape index (κ2) is 7.13. The molecule has 1 aliphatic rings. The van der Waals surface area contributed by atoms with Gasteiger partial charge < -0.3 is 9.47 Å². The molecule has 3 aromatic rings. The molecule has 0 fully saturated rings. The molecule has 0 aromatic carbocycles. The zero-order chi connectivity index (χ0) is 20.8. The van der Waals surface area contributed by atoms with E-state index in [0.717, 1.165) is 23.3 Å². The number of nitrogens with zero attached hydrogens (tertiary/aromatic N) is 6. The molecule has 0 aliphatic carbocycles. The molecule has 3 aromatic heterocycles. The molecular weight excluding hydrogens is 381 g/mol. The standard InChI is InChI=1S/C20H21F3N6/c1-12(2)19-25-14-11-29(9-7-15(14)28(19)3)17-10-16(20(21,22)23)26-18(27-17)13-6-4-5-8-24-13/h4-6,8,10,12H,7,9,11H2,1-3H3. The first-order chi connectivity index (χ1) is 13.7. The van der Waals surface area contributed by atoms with Crippen molar-refractivity contribution in [3.8, 4) is 11.5 Å². The summed E-state index contributed by atoms with van der Waals surface area (Å²) in [5.74, 6) is 1.44. The number of imidazole rings is 1. The average molecular weight is 402 g/mol. The predicted octanol–water partition coefficient (Wildman–Crippen LogP) is 3.98. The van der Waals surface area contributed by atoms with E-state index in [1.807, 2.05) is 11.9 Å². The van der Waals surface area contributed by atoms with Gasteiger partial charge in [-0.05, 0) is 12.1 Å². The maximum Gasteiger partial charge on any atom is 0.433 e. The summed E-state index contributed by atoms with van der Waals surface area (Å²) in [6, 6.07) is 5.99. The Labute approximate surface area is 166 Å². The first kappa shape index (κ1) is 19.4. The number of aromatic nitrogens is 5. The first-order valence-corrected chi connectivity index (χ1v) is 9.41. The van der Waals surface area contributed by atoms with Gasteiger partial charge in [-0.25, -0.2) is 15.0 Å². The van der Waals surface area contributed by atoms with Crippen molar-refractivity contribution in [2.24, 2.45) is 7.05 Å². The molecule has 0 saturated carbocycles. The molecule has 6 nitrogen and oxygen atoms in total. The minimum Gasteiger partial charge on any atom is -0.350 e. The summed E-state index contributed by atoms with van der Waals surface area (Å²) in [6.07, 6.45) is -2.37. The molecule has 0 bridgehead atoms. The molecule has 0 atom stereocenters. The van der Waals surface area contributed by atoms with Crippen LogP contribution in [0.1, 0.15) is 42.7 Å². The summed E-state index contributed by atoms with van der Waals surface area (Å²) in [7, 11) is 1.99. The van der Waals surface area contributed by atoms with E-state index >= 15 is 0 Å². The minimum atomic E-state index is -4.57. The van der Waals surface area contributed by atoms with Crippen molar-refractivity contribution in [2.75, 3.05) is 11.4 Å². The van der Waals surface area contributed by atoms with Crippen molar-refractivity contribution in [2.45, 2.75) is 38.9 Å². The highest BCUT2D eigenvalue weighted by molar-refractivity contribution is 5.54. The van der Waals surface area contributed by atoms with Crippen molar-refractivity contribution in [1.82, 2.24) is 24.5 Å². The SMILES string of the molecule is CC(C)c1nc2c(n1C)CCN(c1cc(C(F)(F)F)nc(-c3ccccn3)n1)C2. The van der Waals surface area contributed by atoms with Crippen LogP contribution in [0.2, 0.25) is 0 Å². The number of pyridine rings is 1. The summed E-state index contributed by atoms with van der Waals surface area (Å²) >= 11 is 0. The molecule has 0 spiro atoms. The number of fused-ring (bicyclic) bond motifs is 1. The van der Waals surface area contributed by atoms with Crippen LogP contribution in [-0.4, -0.2) is 31.0 Å². The van der Waals surface area contributed by atoms with Crippen molar-refractivity contribution >= 4 is 5.82 Å².